The van der Waals surface area contributed by atoms with Crippen molar-refractivity contribution in [1.29, 1.82) is 0 Å². The molecule has 1 aliphatic heterocycles. The quantitative estimate of drug-likeness (QED) is 0.573. The van der Waals surface area contributed by atoms with Crippen molar-refractivity contribution in [1.82, 2.24) is 10.5 Å². The number of hydrogen-bond acceptors (Lipinski definition) is 3. The zero-order valence-corrected chi connectivity index (χ0v) is 18.9. The molecule has 30 heavy (non-hydrogen) atoms. The van der Waals surface area contributed by atoms with Crippen molar-refractivity contribution in [3.63, 3.8) is 0 Å². The molecule has 1 fully saturated rings. The summed E-state index contributed by atoms with van der Waals surface area (Å²) < 4.78 is 4.69. The smallest absolute Gasteiger partial charge is 0.338 e. The van der Waals surface area contributed by atoms with Crippen LogP contribution in [0, 0.1) is 11.3 Å². The van der Waals surface area contributed by atoms with Crippen LogP contribution in [0.4, 0.5) is 0 Å². The standard InChI is InChI=1S/C26H36N2O2/c1-19(7-5-8-20(2)17-22-18-28-30-25(22)29)10-11-24-23(9-6-14-26(24,3)4)21-12-15-27-16-13-21/h5,7-8,10-11,17-18,21,27-28H,6,9,12-16H2,1-4H3/b8-5+,11-10+,19-7+,20-17+. The predicted octanol–water partition coefficient (Wildman–Crippen LogP) is 5.94. The average molecular weight is 409 g/mol. The third-order valence-electron chi connectivity index (χ3n) is 6.37. The van der Waals surface area contributed by atoms with E-state index >= 15 is 0 Å². The van der Waals surface area contributed by atoms with Gasteiger partial charge in [-0.3, -0.25) is 0 Å². The number of nitrogens with one attached hydrogen (secondary N) is 2. The first-order valence-corrected chi connectivity index (χ1v) is 11.2. The highest BCUT2D eigenvalue weighted by Gasteiger charge is 2.31. The van der Waals surface area contributed by atoms with Crippen LogP contribution in [0.15, 0.2) is 68.2 Å². The molecule has 0 aromatic carbocycles. The van der Waals surface area contributed by atoms with Gasteiger partial charge in [-0.05, 0) is 82.0 Å². The van der Waals surface area contributed by atoms with Gasteiger partial charge in [-0.1, -0.05) is 60.9 Å². The molecule has 2 N–H and O–H groups in total. The van der Waals surface area contributed by atoms with Crippen LogP contribution in [0.3, 0.4) is 0 Å². The van der Waals surface area contributed by atoms with Gasteiger partial charge >= 0.3 is 5.63 Å². The highest BCUT2D eigenvalue weighted by molar-refractivity contribution is 5.53. The summed E-state index contributed by atoms with van der Waals surface area (Å²) in [6.45, 7) is 11.2. The molecule has 3 rings (SSSR count). The zero-order chi connectivity index (χ0) is 21.6. The summed E-state index contributed by atoms with van der Waals surface area (Å²) >= 11 is 0. The van der Waals surface area contributed by atoms with Gasteiger partial charge in [-0.15, -0.1) is 0 Å². The van der Waals surface area contributed by atoms with Crippen LogP contribution in [0.2, 0.25) is 0 Å². The Morgan fingerprint density at radius 1 is 1.17 bits per heavy atom. The second-order valence-corrected chi connectivity index (χ2v) is 9.30. The SMILES string of the molecule is CC(/C=C/C1=C(C2CCNCC2)CCCC1(C)C)=C\C=C\C(C)=C\c1c[nH]oc1=O. The summed E-state index contributed by atoms with van der Waals surface area (Å²) in [5.74, 6) is 0.744. The fraction of sp³-hybridized carbons (Fsp3) is 0.500. The number of aromatic amines is 1. The fourth-order valence-corrected chi connectivity index (χ4v) is 4.63. The van der Waals surface area contributed by atoms with E-state index in [0.717, 1.165) is 24.6 Å². The van der Waals surface area contributed by atoms with Crippen LogP contribution in [0.5, 0.6) is 0 Å². The van der Waals surface area contributed by atoms with E-state index in [-0.39, 0.29) is 11.0 Å². The maximum atomic E-state index is 11.5. The van der Waals surface area contributed by atoms with E-state index < -0.39 is 0 Å². The minimum Gasteiger partial charge on any atom is -0.338 e. The van der Waals surface area contributed by atoms with Gasteiger partial charge in [0.05, 0.1) is 11.8 Å². The molecule has 0 bridgehead atoms. The van der Waals surface area contributed by atoms with Crippen molar-refractivity contribution < 1.29 is 4.52 Å². The molecular weight excluding hydrogens is 372 g/mol. The summed E-state index contributed by atoms with van der Waals surface area (Å²) in [5.41, 5.74) is 5.93. The molecule has 2 heterocycles. The van der Waals surface area contributed by atoms with Gasteiger partial charge in [0.25, 0.3) is 0 Å². The van der Waals surface area contributed by atoms with Gasteiger partial charge in [0.15, 0.2) is 0 Å². The summed E-state index contributed by atoms with van der Waals surface area (Å²) in [5, 5.41) is 5.98. The van der Waals surface area contributed by atoms with E-state index in [2.05, 4.69) is 54.0 Å². The van der Waals surface area contributed by atoms with Crippen LogP contribution >= 0.6 is 0 Å². The highest BCUT2D eigenvalue weighted by atomic mass is 16.5. The molecule has 1 aromatic rings. The zero-order valence-electron chi connectivity index (χ0n) is 18.9. The number of piperidine rings is 1. The molecule has 1 aliphatic carbocycles. The summed E-state index contributed by atoms with van der Waals surface area (Å²) in [6.07, 6.45) is 20.6. The minimum absolute atomic E-state index is 0.252. The Hall–Kier alpha value is -2.33. The van der Waals surface area contributed by atoms with Gasteiger partial charge in [0.2, 0.25) is 0 Å². The Balaban J connectivity index is 1.74. The topological polar surface area (TPSA) is 58.0 Å². The first-order chi connectivity index (χ1) is 14.4. The van der Waals surface area contributed by atoms with E-state index in [1.807, 2.05) is 25.2 Å². The largest absolute Gasteiger partial charge is 0.364 e. The van der Waals surface area contributed by atoms with E-state index in [9.17, 15) is 4.79 Å². The van der Waals surface area contributed by atoms with Gasteiger partial charge in [-0.25, -0.2) is 9.95 Å². The number of hydrogen-bond donors (Lipinski definition) is 2. The predicted molar refractivity (Wildman–Crippen MR) is 125 cm³/mol. The summed E-state index contributed by atoms with van der Waals surface area (Å²) in [4.78, 5) is 11.5. The monoisotopic (exact) mass is 408 g/mol. The number of H-pyrrole nitrogens is 1. The van der Waals surface area contributed by atoms with Crippen molar-refractivity contribution in [2.24, 2.45) is 11.3 Å². The molecule has 0 spiro atoms. The molecule has 162 valence electrons. The van der Waals surface area contributed by atoms with Crippen LogP contribution in [-0.2, 0) is 0 Å². The Labute approximate surface area is 180 Å². The van der Waals surface area contributed by atoms with Gasteiger partial charge in [-0.2, -0.15) is 0 Å². The molecule has 2 aliphatic rings. The Morgan fingerprint density at radius 3 is 2.63 bits per heavy atom. The molecule has 0 amide bonds. The van der Waals surface area contributed by atoms with E-state index in [1.54, 1.807) is 17.3 Å². The van der Waals surface area contributed by atoms with E-state index in [1.165, 1.54) is 37.7 Å². The molecule has 0 atom stereocenters. The molecule has 0 saturated carbocycles. The summed E-state index contributed by atoms with van der Waals surface area (Å²) in [6, 6.07) is 0. The van der Waals surface area contributed by atoms with Crippen LogP contribution in [0.1, 0.15) is 65.4 Å². The normalized spacial score (nSPS) is 21.9. The number of rotatable bonds is 6. The molecule has 1 saturated heterocycles. The average Bonchev–Trinajstić information content (AvgIpc) is 3.11. The van der Waals surface area contributed by atoms with Gasteiger partial charge in [0, 0.05) is 0 Å². The first-order valence-electron chi connectivity index (χ1n) is 11.2. The molecule has 0 unspecified atom stereocenters. The Bertz CT molecular complexity index is 928. The Kier molecular flexibility index (Phi) is 7.54. The molecule has 1 aromatic heterocycles. The lowest BCUT2D eigenvalue weighted by Crippen LogP contribution is -2.31. The van der Waals surface area contributed by atoms with Crippen molar-refractivity contribution in [3.05, 3.63) is 74.9 Å². The third-order valence-corrected chi connectivity index (χ3v) is 6.37. The lowest BCUT2D eigenvalue weighted by Gasteiger charge is -2.38. The van der Waals surface area contributed by atoms with Gasteiger partial charge in [0.1, 0.15) is 0 Å². The lowest BCUT2D eigenvalue weighted by atomic mass is 9.68. The molecule has 0 radical (unpaired) electrons. The second kappa shape index (κ2) is 10.1. The van der Waals surface area contributed by atoms with E-state index in [4.69, 9.17) is 0 Å². The van der Waals surface area contributed by atoms with Crippen LogP contribution in [-0.4, -0.2) is 18.2 Å². The first kappa shape index (κ1) is 22.4. The maximum Gasteiger partial charge on any atom is 0.364 e. The minimum atomic E-state index is -0.342. The Morgan fingerprint density at radius 2 is 1.93 bits per heavy atom. The highest BCUT2D eigenvalue weighted by Crippen LogP contribution is 2.44. The van der Waals surface area contributed by atoms with Crippen molar-refractivity contribution in [3.8, 4) is 0 Å². The number of allylic oxidation sites excluding steroid dienone is 9. The van der Waals surface area contributed by atoms with Crippen molar-refractivity contribution >= 4 is 6.08 Å². The molecular formula is C26H36N2O2. The summed E-state index contributed by atoms with van der Waals surface area (Å²) in [7, 11) is 0. The van der Waals surface area contributed by atoms with Crippen molar-refractivity contribution in [2.45, 2.75) is 59.8 Å². The molecule has 4 nitrogen and oxygen atoms in total. The maximum absolute atomic E-state index is 11.5. The van der Waals surface area contributed by atoms with Crippen LogP contribution in [0.25, 0.3) is 6.08 Å². The fourth-order valence-electron chi connectivity index (χ4n) is 4.63. The second-order valence-electron chi connectivity index (χ2n) is 9.30. The lowest BCUT2D eigenvalue weighted by molar-refractivity contribution is 0.336. The molecule has 4 heteroatoms. The van der Waals surface area contributed by atoms with Crippen LogP contribution < -0.4 is 10.9 Å². The number of aromatic nitrogens is 1. The van der Waals surface area contributed by atoms with Crippen molar-refractivity contribution in [2.75, 3.05) is 13.1 Å². The third kappa shape index (κ3) is 5.85. The van der Waals surface area contributed by atoms with Gasteiger partial charge < -0.3 is 9.84 Å². The van der Waals surface area contributed by atoms with E-state index in [0.29, 0.717) is 5.56 Å².